The van der Waals surface area contributed by atoms with Gasteiger partial charge in [-0.2, -0.15) is 0 Å². The molecule has 0 spiro atoms. The molecule has 0 aromatic rings. The topological polar surface area (TPSA) is 0 Å². The highest BCUT2D eigenvalue weighted by atomic mass is 14.2. The van der Waals surface area contributed by atoms with Crippen LogP contribution in [0.3, 0.4) is 0 Å². The lowest BCUT2D eigenvalue weighted by atomic mass is 9.89. The molecule has 0 aromatic carbocycles. The molecule has 0 bridgehead atoms. The molecule has 0 heterocycles. The Balaban J connectivity index is 1.35. The van der Waals surface area contributed by atoms with Crippen molar-refractivity contribution in [1.29, 1.82) is 0 Å². The Morgan fingerprint density at radius 1 is 0.395 bits per heavy atom. The summed E-state index contributed by atoms with van der Waals surface area (Å²) < 4.78 is 0. The Morgan fingerprint density at radius 2 is 0.744 bits per heavy atom. The fraction of sp³-hybridized carbons (Fsp3) is 0.814. The average Bonchev–Trinajstić information content (AvgIpc) is 3.43. The molecule has 0 aliphatic heterocycles. The van der Waals surface area contributed by atoms with Crippen molar-refractivity contribution in [3.05, 3.63) is 46.6 Å². The van der Waals surface area contributed by atoms with E-state index < -0.39 is 0 Å². The molecule has 0 unspecified atom stereocenters. The summed E-state index contributed by atoms with van der Waals surface area (Å²) >= 11 is 0. The van der Waals surface area contributed by atoms with E-state index in [1.165, 1.54) is 217 Å². The van der Waals surface area contributed by atoms with Crippen molar-refractivity contribution < 1.29 is 0 Å². The predicted molar refractivity (Wildman–Crippen MR) is 196 cm³/mol. The van der Waals surface area contributed by atoms with Crippen LogP contribution >= 0.6 is 0 Å². The van der Waals surface area contributed by atoms with Crippen LogP contribution in [0.5, 0.6) is 0 Å². The molecule has 0 nitrogen and oxygen atoms in total. The molecule has 0 saturated heterocycles. The fourth-order valence-corrected chi connectivity index (χ4v) is 7.24. The first kappa shape index (κ1) is 38.1. The Hall–Kier alpha value is -1.04. The molecule has 2 aliphatic rings. The molecule has 0 radical (unpaired) electrons. The van der Waals surface area contributed by atoms with Gasteiger partial charge in [-0.05, 0) is 48.8 Å². The third-order valence-corrected chi connectivity index (χ3v) is 10.2. The summed E-state index contributed by atoms with van der Waals surface area (Å²) in [5, 5.41) is 0. The lowest BCUT2D eigenvalue weighted by Gasteiger charge is -2.16. The van der Waals surface area contributed by atoms with E-state index in [4.69, 9.17) is 0 Å². The molecule has 0 heteroatoms. The van der Waals surface area contributed by atoms with Gasteiger partial charge in [0, 0.05) is 0 Å². The second-order valence-electron chi connectivity index (χ2n) is 14.3. The Kier molecular flexibility index (Phi) is 25.2. The van der Waals surface area contributed by atoms with Crippen LogP contribution in [0.2, 0.25) is 0 Å². The molecule has 0 N–H and O–H groups in total. The summed E-state index contributed by atoms with van der Waals surface area (Å²) in [5.74, 6) is 0. The number of hydrogen-bond acceptors (Lipinski definition) is 0. The average molecular weight is 593 g/mol. The smallest absolute Gasteiger partial charge is 0.0126 e. The van der Waals surface area contributed by atoms with E-state index in [1.54, 1.807) is 16.7 Å². The van der Waals surface area contributed by atoms with Crippen LogP contribution in [0.25, 0.3) is 0 Å². The predicted octanol–water partition coefficient (Wildman–Crippen LogP) is 15.6. The van der Waals surface area contributed by atoms with Gasteiger partial charge in [-0.3, -0.25) is 0 Å². The maximum Gasteiger partial charge on any atom is -0.0126 e. The van der Waals surface area contributed by atoms with Crippen LogP contribution in [0, 0.1) is 0 Å². The van der Waals surface area contributed by atoms with Crippen molar-refractivity contribution in [2.24, 2.45) is 0 Å². The first-order valence-electron chi connectivity index (χ1n) is 20.2. The molecule has 0 amide bonds. The van der Waals surface area contributed by atoms with Crippen molar-refractivity contribution in [3.63, 3.8) is 0 Å². The first-order valence-corrected chi connectivity index (χ1v) is 20.2. The molecule has 248 valence electrons. The SMILES string of the molecule is CCCCCCCCCCCCCCCCCC1=CC2=CC=C(CCCCCCCCCCCCCCCCC)C2=CC1. The van der Waals surface area contributed by atoms with E-state index in [0.29, 0.717) is 0 Å². The van der Waals surface area contributed by atoms with Gasteiger partial charge in [-0.15, -0.1) is 0 Å². The summed E-state index contributed by atoms with van der Waals surface area (Å²) in [7, 11) is 0. The lowest BCUT2D eigenvalue weighted by molar-refractivity contribution is 0.532. The van der Waals surface area contributed by atoms with E-state index in [0.717, 1.165) is 0 Å². The lowest BCUT2D eigenvalue weighted by Crippen LogP contribution is -1.97. The zero-order valence-corrected chi connectivity index (χ0v) is 29.6. The minimum atomic E-state index is 1.20. The van der Waals surface area contributed by atoms with Gasteiger partial charge in [-0.1, -0.05) is 224 Å². The number of fused-ring (bicyclic) bond motifs is 1. The van der Waals surface area contributed by atoms with E-state index in [9.17, 15) is 0 Å². The molecular formula is C43H76. The van der Waals surface area contributed by atoms with Crippen molar-refractivity contribution in [3.8, 4) is 0 Å². The van der Waals surface area contributed by atoms with Crippen molar-refractivity contribution >= 4 is 0 Å². The van der Waals surface area contributed by atoms with E-state index >= 15 is 0 Å². The maximum absolute atomic E-state index is 2.55. The normalized spacial score (nSPS) is 14.5. The zero-order chi connectivity index (χ0) is 30.5. The van der Waals surface area contributed by atoms with Gasteiger partial charge in [0.25, 0.3) is 0 Å². The van der Waals surface area contributed by atoms with Crippen LogP contribution in [-0.4, -0.2) is 0 Å². The second-order valence-corrected chi connectivity index (χ2v) is 14.3. The number of unbranched alkanes of at least 4 members (excludes halogenated alkanes) is 28. The molecule has 0 fully saturated rings. The van der Waals surface area contributed by atoms with Gasteiger partial charge in [0.2, 0.25) is 0 Å². The van der Waals surface area contributed by atoms with E-state index in [1.807, 2.05) is 0 Å². The van der Waals surface area contributed by atoms with E-state index in [2.05, 4.69) is 38.2 Å². The van der Waals surface area contributed by atoms with Gasteiger partial charge in [0.15, 0.2) is 0 Å². The van der Waals surface area contributed by atoms with Crippen LogP contribution in [0.4, 0.5) is 0 Å². The molecule has 0 atom stereocenters. The van der Waals surface area contributed by atoms with Crippen molar-refractivity contribution in [2.45, 2.75) is 226 Å². The standard InChI is InChI=1S/C43H76/c1-3-5-7-9-11-13-15-17-19-21-23-25-27-29-31-33-40-35-38-43-41(36-37-42(43)39-40)34-32-30-28-26-24-22-20-18-16-14-12-10-8-6-4-2/h36-39H,3-35H2,1-2H3. The largest absolute Gasteiger partial charge is 0.0723 e. The van der Waals surface area contributed by atoms with Crippen LogP contribution in [0.1, 0.15) is 226 Å². The molecule has 2 rings (SSSR count). The van der Waals surface area contributed by atoms with Crippen molar-refractivity contribution in [2.75, 3.05) is 0 Å². The summed E-state index contributed by atoms with van der Waals surface area (Å²) in [6, 6.07) is 0. The molecule has 0 aromatic heterocycles. The second kappa shape index (κ2) is 28.4. The minimum absolute atomic E-state index is 1.20. The third kappa shape index (κ3) is 20.6. The summed E-state index contributed by atoms with van der Waals surface area (Å²) in [6.07, 6.45) is 57.2. The molecular weight excluding hydrogens is 516 g/mol. The van der Waals surface area contributed by atoms with Gasteiger partial charge >= 0.3 is 0 Å². The van der Waals surface area contributed by atoms with Crippen molar-refractivity contribution in [1.82, 2.24) is 0 Å². The third-order valence-electron chi connectivity index (χ3n) is 10.2. The highest BCUT2D eigenvalue weighted by Gasteiger charge is 2.17. The van der Waals surface area contributed by atoms with Gasteiger partial charge in [0.05, 0.1) is 0 Å². The Bertz CT molecular complexity index is 759. The number of allylic oxidation sites excluding steroid dienone is 8. The number of rotatable bonds is 32. The maximum atomic E-state index is 2.55. The molecule has 43 heavy (non-hydrogen) atoms. The number of hydrogen-bond donors (Lipinski definition) is 0. The quantitative estimate of drug-likeness (QED) is 0.0681. The highest BCUT2D eigenvalue weighted by Crippen LogP contribution is 2.36. The van der Waals surface area contributed by atoms with Crippen LogP contribution < -0.4 is 0 Å². The monoisotopic (exact) mass is 593 g/mol. The summed E-state index contributed by atoms with van der Waals surface area (Å²) in [5.41, 5.74) is 6.38. The Morgan fingerprint density at radius 3 is 1.14 bits per heavy atom. The molecule has 2 aliphatic carbocycles. The highest BCUT2D eigenvalue weighted by molar-refractivity contribution is 5.62. The van der Waals surface area contributed by atoms with Crippen LogP contribution in [-0.2, 0) is 0 Å². The van der Waals surface area contributed by atoms with E-state index in [-0.39, 0.29) is 0 Å². The first-order chi connectivity index (χ1) is 21.3. The van der Waals surface area contributed by atoms with Gasteiger partial charge in [-0.25, -0.2) is 0 Å². The Labute approximate surface area is 271 Å². The summed E-state index contributed by atoms with van der Waals surface area (Å²) in [6.45, 7) is 4.62. The van der Waals surface area contributed by atoms with Crippen LogP contribution in [0.15, 0.2) is 46.6 Å². The van der Waals surface area contributed by atoms with Gasteiger partial charge in [0.1, 0.15) is 0 Å². The minimum Gasteiger partial charge on any atom is -0.0723 e. The zero-order valence-electron chi connectivity index (χ0n) is 29.6. The molecule has 0 saturated carbocycles. The summed E-state index contributed by atoms with van der Waals surface area (Å²) in [4.78, 5) is 0. The fourth-order valence-electron chi connectivity index (χ4n) is 7.24. The van der Waals surface area contributed by atoms with Gasteiger partial charge < -0.3 is 0 Å².